The van der Waals surface area contributed by atoms with E-state index in [0.29, 0.717) is 18.7 Å². The zero-order valence-corrected chi connectivity index (χ0v) is 13.3. The van der Waals surface area contributed by atoms with Crippen molar-refractivity contribution in [2.75, 3.05) is 11.9 Å². The highest BCUT2D eigenvalue weighted by atomic mass is 16.3. The number of anilines is 1. The Hall–Kier alpha value is -2.14. The largest absolute Gasteiger partial charge is 0.393 e. The zero-order chi connectivity index (χ0) is 16.1. The molecule has 0 aliphatic carbocycles. The third-order valence-corrected chi connectivity index (χ3v) is 3.45. The summed E-state index contributed by atoms with van der Waals surface area (Å²) in [5.41, 5.74) is 2.55. The predicted octanol–water partition coefficient (Wildman–Crippen LogP) is 3.07. The SMILES string of the molecule is Cc1cc(NC(=O)NCC(C)CC(C)O)c2ncccc2c1. The monoisotopic (exact) mass is 301 g/mol. The van der Waals surface area contributed by atoms with Crippen LogP contribution >= 0.6 is 0 Å². The summed E-state index contributed by atoms with van der Waals surface area (Å²) in [6.45, 7) is 6.26. The number of aliphatic hydroxyl groups is 1. The van der Waals surface area contributed by atoms with Gasteiger partial charge in [-0.25, -0.2) is 4.79 Å². The summed E-state index contributed by atoms with van der Waals surface area (Å²) in [7, 11) is 0. The fourth-order valence-electron chi connectivity index (χ4n) is 2.54. The van der Waals surface area contributed by atoms with Crippen LogP contribution in [-0.4, -0.2) is 28.8 Å². The Morgan fingerprint density at radius 1 is 1.36 bits per heavy atom. The van der Waals surface area contributed by atoms with Gasteiger partial charge in [-0.2, -0.15) is 0 Å². The lowest BCUT2D eigenvalue weighted by molar-refractivity contribution is 0.163. The van der Waals surface area contributed by atoms with Crippen LogP contribution in [0.5, 0.6) is 0 Å². The second-order valence-corrected chi connectivity index (χ2v) is 5.91. The molecule has 1 aromatic heterocycles. The van der Waals surface area contributed by atoms with Crippen LogP contribution in [-0.2, 0) is 0 Å². The quantitative estimate of drug-likeness (QED) is 0.794. The molecule has 3 N–H and O–H groups in total. The third kappa shape index (κ3) is 4.43. The van der Waals surface area contributed by atoms with Crippen molar-refractivity contribution in [2.24, 2.45) is 5.92 Å². The van der Waals surface area contributed by atoms with Crippen LogP contribution in [0.15, 0.2) is 30.5 Å². The first kappa shape index (κ1) is 16.2. The molecule has 5 heteroatoms. The Morgan fingerprint density at radius 2 is 2.14 bits per heavy atom. The number of nitrogens with zero attached hydrogens (tertiary/aromatic N) is 1. The lowest BCUT2D eigenvalue weighted by Gasteiger charge is -2.15. The lowest BCUT2D eigenvalue weighted by atomic mass is 10.1. The Bertz CT molecular complexity index is 655. The predicted molar refractivity (Wildman–Crippen MR) is 89.0 cm³/mol. The molecule has 0 radical (unpaired) electrons. The average Bonchev–Trinajstić information content (AvgIpc) is 2.44. The minimum absolute atomic E-state index is 0.220. The van der Waals surface area contributed by atoms with Gasteiger partial charge >= 0.3 is 6.03 Å². The van der Waals surface area contributed by atoms with Crippen LogP contribution in [0, 0.1) is 12.8 Å². The number of pyridine rings is 1. The molecule has 0 aliphatic rings. The van der Waals surface area contributed by atoms with E-state index in [0.717, 1.165) is 16.5 Å². The maximum absolute atomic E-state index is 12.0. The molecular formula is C17H23N3O2. The zero-order valence-electron chi connectivity index (χ0n) is 13.3. The van der Waals surface area contributed by atoms with Crippen LogP contribution in [0.4, 0.5) is 10.5 Å². The number of rotatable bonds is 5. The van der Waals surface area contributed by atoms with E-state index in [-0.39, 0.29) is 18.1 Å². The van der Waals surface area contributed by atoms with Crippen molar-refractivity contribution in [3.63, 3.8) is 0 Å². The number of carbonyl (C=O) groups excluding carboxylic acids is 1. The Morgan fingerprint density at radius 3 is 2.86 bits per heavy atom. The molecule has 2 atom stereocenters. The second-order valence-electron chi connectivity index (χ2n) is 5.91. The summed E-state index contributed by atoms with van der Waals surface area (Å²) < 4.78 is 0. The molecule has 0 fully saturated rings. The maximum Gasteiger partial charge on any atom is 0.319 e. The molecule has 0 bridgehead atoms. The summed E-state index contributed by atoms with van der Waals surface area (Å²) in [4.78, 5) is 16.4. The molecular weight excluding hydrogens is 278 g/mol. The number of aromatic nitrogens is 1. The van der Waals surface area contributed by atoms with Crippen molar-refractivity contribution in [3.05, 3.63) is 36.0 Å². The Kier molecular flexibility index (Phi) is 5.33. The second kappa shape index (κ2) is 7.22. The molecule has 2 aromatic rings. The minimum atomic E-state index is -0.357. The number of fused-ring (bicyclic) bond motifs is 1. The smallest absolute Gasteiger partial charge is 0.319 e. The minimum Gasteiger partial charge on any atom is -0.393 e. The van der Waals surface area contributed by atoms with Gasteiger partial charge in [-0.1, -0.05) is 13.0 Å². The van der Waals surface area contributed by atoms with Gasteiger partial charge in [-0.3, -0.25) is 4.98 Å². The molecule has 0 aliphatic heterocycles. The number of nitrogens with one attached hydrogen (secondary N) is 2. The fraction of sp³-hybridized carbons (Fsp3) is 0.412. The van der Waals surface area contributed by atoms with Gasteiger partial charge in [-0.15, -0.1) is 0 Å². The van der Waals surface area contributed by atoms with E-state index in [1.807, 2.05) is 38.1 Å². The van der Waals surface area contributed by atoms with Crippen molar-refractivity contribution in [2.45, 2.75) is 33.3 Å². The number of aliphatic hydroxyl groups excluding tert-OH is 1. The van der Waals surface area contributed by atoms with Gasteiger partial charge in [0.2, 0.25) is 0 Å². The van der Waals surface area contributed by atoms with Crippen molar-refractivity contribution in [1.82, 2.24) is 10.3 Å². The average molecular weight is 301 g/mol. The third-order valence-electron chi connectivity index (χ3n) is 3.45. The highest BCUT2D eigenvalue weighted by Gasteiger charge is 2.10. The van der Waals surface area contributed by atoms with Crippen molar-refractivity contribution < 1.29 is 9.90 Å². The molecule has 2 amide bonds. The standard InChI is InChI=1S/C17H23N3O2/c1-11-8-14-5-4-6-18-16(14)15(9-11)20-17(22)19-10-12(2)7-13(3)21/h4-6,8-9,12-13,21H,7,10H2,1-3H3,(H2,19,20,22). The summed E-state index contributed by atoms with van der Waals surface area (Å²) in [5, 5.41) is 16.0. The van der Waals surface area contributed by atoms with Gasteiger partial charge in [0.15, 0.2) is 0 Å². The van der Waals surface area contributed by atoms with E-state index >= 15 is 0 Å². The maximum atomic E-state index is 12.0. The number of aryl methyl sites for hydroxylation is 1. The summed E-state index contributed by atoms with van der Waals surface area (Å²) in [5.74, 6) is 0.220. The number of hydrogen-bond donors (Lipinski definition) is 3. The number of carbonyl (C=O) groups is 1. The number of amides is 2. The molecule has 22 heavy (non-hydrogen) atoms. The summed E-state index contributed by atoms with van der Waals surface area (Å²) in [6.07, 6.45) is 2.02. The van der Waals surface area contributed by atoms with Crippen LogP contribution < -0.4 is 10.6 Å². The highest BCUT2D eigenvalue weighted by Crippen LogP contribution is 2.23. The Labute approximate surface area is 130 Å². The number of hydrogen-bond acceptors (Lipinski definition) is 3. The van der Waals surface area contributed by atoms with Crippen molar-refractivity contribution in [1.29, 1.82) is 0 Å². The van der Waals surface area contributed by atoms with Crippen LogP contribution in [0.2, 0.25) is 0 Å². The number of benzene rings is 1. The fourth-order valence-corrected chi connectivity index (χ4v) is 2.54. The normalized spacial score (nSPS) is 13.6. The molecule has 118 valence electrons. The topological polar surface area (TPSA) is 74.2 Å². The van der Waals surface area contributed by atoms with Gasteiger partial charge in [0.25, 0.3) is 0 Å². The molecule has 2 rings (SSSR count). The Balaban J connectivity index is 2.03. The first-order chi connectivity index (χ1) is 10.5. The van der Waals surface area contributed by atoms with Gasteiger partial charge in [-0.05, 0) is 49.9 Å². The first-order valence-electron chi connectivity index (χ1n) is 7.54. The van der Waals surface area contributed by atoms with E-state index in [1.165, 1.54) is 0 Å². The van der Waals surface area contributed by atoms with E-state index in [1.54, 1.807) is 13.1 Å². The molecule has 0 saturated carbocycles. The number of urea groups is 1. The molecule has 5 nitrogen and oxygen atoms in total. The summed E-state index contributed by atoms with van der Waals surface area (Å²) >= 11 is 0. The molecule has 0 saturated heterocycles. The molecule has 1 heterocycles. The van der Waals surface area contributed by atoms with Gasteiger partial charge < -0.3 is 15.7 Å². The van der Waals surface area contributed by atoms with Gasteiger partial charge in [0, 0.05) is 18.1 Å². The lowest BCUT2D eigenvalue weighted by Crippen LogP contribution is -2.33. The molecule has 1 aromatic carbocycles. The van der Waals surface area contributed by atoms with E-state index in [9.17, 15) is 9.90 Å². The van der Waals surface area contributed by atoms with E-state index in [4.69, 9.17) is 0 Å². The van der Waals surface area contributed by atoms with E-state index in [2.05, 4.69) is 15.6 Å². The van der Waals surface area contributed by atoms with Gasteiger partial charge in [0.1, 0.15) is 0 Å². The van der Waals surface area contributed by atoms with Crippen LogP contribution in [0.1, 0.15) is 25.8 Å². The first-order valence-corrected chi connectivity index (χ1v) is 7.54. The van der Waals surface area contributed by atoms with Gasteiger partial charge in [0.05, 0.1) is 17.3 Å². The summed E-state index contributed by atoms with van der Waals surface area (Å²) in [6, 6.07) is 7.55. The molecule has 0 spiro atoms. The van der Waals surface area contributed by atoms with Crippen molar-refractivity contribution in [3.8, 4) is 0 Å². The highest BCUT2D eigenvalue weighted by molar-refractivity contribution is 5.99. The van der Waals surface area contributed by atoms with E-state index < -0.39 is 0 Å². The van der Waals surface area contributed by atoms with Crippen molar-refractivity contribution >= 4 is 22.6 Å². The molecule has 2 unspecified atom stereocenters. The van der Waals surface area contributed by atoms with Crippen LogP contribution in [0.3, 0.4) is 0 Å². The van der Waals surface area contributed by atoms with Crippen LogP contribution in [0.25, 0.3) is 10.9 Å².